The quantitative estimate of drug-likeness (QED) is 0.553. The van der Waals surface area contributed by atoms with Crippen LogP contribution in [0.1, 0.15) is 6.42 Å². The second kappa shape index (κ2) is 6.72. The largest absolute Gasteiger partial charge is 0.401 e. The minimum atomic E-state index is 0.601. The van der Waals surface area contributed by atoms with E-state index in [4.69, 9.17) is 0 Å². The smallest absolute Gasteiger partial charge is 0.371 e. The summed E-state index contributed by atoms with van der Waals surface area (Å²) in [6.07, 6.45) is 2.94. The first kappa shape index (κ1) is 15.3. The van der Waals surface area contributed by atoms with Gasteiger partial charge in [0.2, 0.25) is 6.33 Å². The van der Waals surface area contributed by atoms with E-state index in [2.05, 4.69) is 54.9 Å². The summed E-state index contributed by atoms with van der Waals surface area (Å²) in [6.45, 7) is 2.33. The maximum Gasteiger partial charge on any atom is 0.401 e. The molecule has 4 rings (SSSR count). The van der Waals surface area contributed by atoms with Crippen LogP contribution in [0.15, 0.2) is 65.1 Å². The highest BCUT2D eigenvalue weighted by Crippen LogP contribution is 2.25. The Morgan fingerprint density at radius 3 is 2.24 bits per heavy atom. The van der Waals surface area contributed by atoms with E-state index in [0.717, 1.165) is 17.1 Å². The average molecular weight is 334 g/mol. The van der Waals surface area contributed by atoms with Gasteiger partial charge in [-0.2, -0.15) is 0 Å². The second-order valence-electron chi connectivity index (χ2n) is 6.05. The molecule has 0 radical (unpaired) electrons. The molecule has 3 aromatic rings. The van der Waals surface area contributed by atoms with E-state index in [1.165, 1.54) is 25.2 Å². The molecule has 0 unspecified atom stereocenters. The number of aryl methyl sites for hydroxylation is 1. The van der Waals surface area contributed by atoms with Crippen LogP contribution in [-0.4, -0.2) is 23.3 Å². The van der Waals surface area contributed by atoms with Crippen molar-refractivity contribution < 1.29 is 4.57 Å². The van der Waals surface area contributed by atoms with Gasteiger partial charge in [-0.25, -0.2) is 4.57 Å². The van der Waals surface area contributed by atoms with Crippen molar-refractivity contribution in [1.82, 2.24) is 10.2 Å². The summed E-state index contributed by atoms with van der Waals surface area (Å²) in [5, 5.41) is 18.4. The van der Waals surface area contributed by atoms with Crippen molar-refractivity contribution in [3.8, 4) is 0 Å². The van der Waals surface area contributed by atoms with E-state index in [1.54, 1.807) is 10.9 Å². The fraction of sp³-hybridized carbons (Fsp3) is 0.222. The number of anilines is 3. The minimum Gasteiger partial charge on any atom is -0.371 e. The number of nitrogens with one attached hydrogen (secondary N) is 2. The zero-order valence-electron chi connectivity index (χ0n) is 14.1. The Bertz CT molecular complexity index is 861. The van der Waals surface area contributed by atoms with E-state index < -0.39 is 0 Å². The highest BCUT2D eigenvalue weighted by molar-refractivity contribution is 5.64. The van der Waals surface area contributed by atoms with E-state index >= 15 is 0 Å². The molecule has 1 aromatic heterocycles. The van der Waals surface area contributed by atoms with Gasteiger partial charge in [-0.15, -0.1) is 5.10 Å². The van der Waals surface area contributed by atoms with Crippen molar-refractivity contribution in [2.45, 2.75) is 6.42 Å². The number of aromatic nitrogens is 3. The zero-order chi connectivity index (χ0) is 17.1. The highest BCUT2D eigenvalue weighted by atomic mass is 15.3. The van der Waals surface area contributed by atoms with Crippen molar-refractivity contribution in [3.63, 3.8) is 0 Å². The van der Waals surface area contributed by atoms with E-state index in [-0.39, 0.29) is 0 Å². The molecule has 2 heterocycles. The number of aromatic amines is 1. The summed E-state index contributed by atoms with van der Waals surface area (Å²) < 4.78 is 1.77. The Kier molecular flexibility index (Phi) is 4.12. The fourth-order valence-corrected chi connectivity index (χ4v) is 2.61. The lowest BCUT2D eigenvalue weighted by atomic mass is 10.1. The number of rotatable bonds is 5. The third kappa shape index (κ3) is 3.50. The van der Waals surface area contributed by atoms with Gasteiger partial charge in [-0.05, 0) is 60.1 Å². The van der Waals surface area contributed by atoms with Crippen LogP contribution in [0.4, 0.5) is 28.7 Å². The van der Waals surface area contributed by atoms with Gasteiger partial charge >= 0.3 is 5.95 Å². The molecule has 1 aliphatic heterocycles. The zero-order valence-corrected chi connectivity index (χ0v) is 14.1. The van der Waals surface area contributed by atoms with Gasteiger partial charge in [-0.3, -0.25) is 0 Å². The lowest BCUT2D eigenvalue weighted by Gasteiger charge is -2.33. The molecule has 1 saturated heterocycles. The second-order valence-corrected chi connectivity index (χ2v) is 6.05. The predicted molar refractivity (Wildman–Crippen MR) is 96.9 cm³/mol. The molecule has 25 heavy (non-hydrogen) atoms. The van der Waals surface area contributed by atoms with Gasteiger partial charge in [0.15, 0.2) is 0 Å². The molecule has 0 bridgehead atoms. The van der Waals surface area contributed by atoms with Crippen LogP contribution in [0.3, 0.4) is 0 Å². The Hall–Kier alpha value is -3.22. The summed E-state index contributed by atoms with van der Waals surface area (Å²) in [5.41, 5.74) is 4.17. The van der Waals surface area contributed by atoms with Crippen molar-refractivity contribution in [1.29, 1.82) is 0 Å². The summed E-state index contributed by atoms with van der Waals surface area (Å²) >= 11 is 0. The van der Waals surface area contributed by atoms with Gasteiger partial charge < -0.3 is 10.2 Å². The molecule has 2 aromatic carbocycles. The minimum absolute atomic E-state index is 0.601. The standard InChI is InChI=1S/C18H19N7/c1-24-13-19-22-18(24)23-21-16-5-3-14(4-6-16)20-15-7-9-17(10-8-15)25-11-2-12-25/h3-10,13H,2,11-12H2,1H3,(H,20,22,23)/p+1. The number of hydrogen-bond acceptors (Lipinski definition) is 5. The third-order valence-electron chi connectivity index (χ3n) is 4.23. The lowest BCUT2D eigenvalue weighted by Crippen LogP contribution is -2.36. The van der Waals surface area contributed by atoms with Crippen LogP contribution in [0.25, 0.3) is 0 Å². The number of nitrogens with zero attached hydrogens (tertiary/aromatic N) is 5. The molecular formula is C18H20N7+. The topological polar surface area (TPSA) is 72.5 Å². The molecular weight excluding hydrogens is 314 g/mol. The summed E-state index contributed by atoms with van der Waals surface area (Å²) in [6, 6.07) is 16.4. The normalized spacial score (nSPS) is 13.9. The SMILES string of the molecule is C[n+]1cn[nH]c1N=Nc1ccc(Nc2ccc(N3CCC3)cc2)cc1. The van der Waals surface area contributed by atoms with Gasteiger partial charge in [0.05, 0.1) is 12.7 Å². The average Bonchev–Trinajstić information content (AvgIpc) is 3.00. The maximum absolute atomic E-state index is 4.20. The Morgan fingerprint density at radius 1 is 1.00 bits per heavy atom. The van der Waals surface area contributed by atoms with E-state index in [1.807, 2.05) is 31.3 Å². The third-order valence-corrected chi connectivity index (χ3v) is 4.23. The Balaban J connectivity index is 1.40. The van der Waals surface area contributed by atoms with Crippen LogP contribution in [0.2, 0.25) is 0 Å². The molecule has 1 fully saturated rings. The lowest BCUT2D eigenvalue weighted by molar-refractivity contribution is -0.658. The van der Waals surface area contributed by atoms with Gasteiger partial charge in [0.1, 0.15) is 0 Å². The van der Waals surface area contributed by atoms with Gasteiger partial charge in [0, 0.05) is 35.3 Å². The van der Waals surface area contributed by atoms with Gasteiger partial charge in [-0.1, -0.05) is 5.11 Å². The first-order valence-corrected chi connectivity index (χ1v) is 8.31. The van der Waals surface area contributed by atoms with Crippen LogP contribution in [-0.2, 0) is 7.05 Å². The van der Waals surface area contributed by atoms with E-state index in [9.17, 15) is 0 Å². The van der Waals surface area contributed by atoms with Gasteiger partial charge in [0.25, 0.3) is 0 Å². The summed E-state index contributed by atoms with van der Waals surface area (Å²) in [7, 11) is 1.86. The predicted octanol–water partition coefficient (Wildman–Crippen LogP) is 3.60. The monoisotopic (exact) mass is 334 g/mol. The summed E-state index contributed by atoms with van der Waals surface area (Å²) in [4.78, 5) is 2.38. The highest BCUT2D eigenvalue weighted by Gasteiger charge is 2.13. The molecule has 126 valence electrons. The maximum atomic E-state index is 4.20. The number of H-pyrrole nitrogens is 1. The number of benzene rings is 2. The molecule has 0 amide bonds. The molecule has 2 N–H and O–H groups in total. The van der Waals surface area contributed by atoms with Crippen molar-refractivity contribution >= 4 is 28.7 Å². The molecule has 0 atom stereocenters. The van der Waals surface area contributed by atoms with Crippen LogP contribution < -0.4 is 14.8 Å². The molecule has 7 nitrogen and oxygen atoms in total. The Morgan fingerprint density at radius 2 is 1.68 bits per heavy atom. The number of azo groups is 1. The fourth-order valence-electron chi connectivity index (χ4n) is 2.61. The molecule has 7 heteroatoms. The van der Waals surface area contributed by atoms with Crippen molar-refractivity contribution in [2.24, 2.45) is 17.3 Å². The van der Waals surface area contributed by atoms with Crippen molar-refractivity contribution in [3.05, 3.63) is 54.9 Å². The van der Waals surface area contributed by atoms with Crippen LogP contribution >= 0.6 is 0 Å². The van der Waals surface area contributed by atoms with Crippen LogP contribution in [0.5, 0.6) is 0 Å². The Labute approximate surface area is 146 Å². The molecule has 0 aliphatic carbocycles. The molecule has 0 saturated carbocycles. The number of hydrogen-bond donors (Lipinski definition) is 2. The first-order valence-electron chi connectivity index (χ1n) is 8.31. The van der Waals surface area contributed by atoms with Crippen LogP contribution in [0, 0.1) is 0 Å². The first-order chi connectivity index (χ1) is 12.3. The molecule has 0 spiro atoms. The van der Waals surface area contributed by atoms with E-state index in [0.29, 0.717) is 5.95 Å². The summed E-state index contributed by atoms with van der Waals surface area (Å²) in [5.74, 6) is 0.601. The molecule has 1 aliphatic rings. The van der Waals surface area contributed by atoms with Crippen molar-refractivity contribution in [2.75, 3.05) is 23.3 Å².